The van der Waals surface area contributed by atoms with E-state index >= 15 is 0 Å². The summed E-state index contributed by atoms with van der Waals surface area (Å²) in [6, 6.07) is 6.66. The smallest absolute Gasteiger partial charge is 0.274 e. The molecule has 0 aromatic carbocycles. The van der Waals surface area contributed by atoms with Crippen molar-refractivity contribution in [2.75, 3.05) is 5.32 Å². The van der Waals surface area contributed by atoms with Crippen LogP contribution in [0.2, 0.25) is 0 Å². The number of nitriles is 1. The fraction of sp³-hybridized carbons (Fsp3) is 0. The van der Waals surface area contributed by atoms with Gasteiger partial charge in [-0.15, -0.1) is 0 Å². The standard InChI is InChI=1S/C12H7BrN4O/c13-9-7-15-4-3-10(9)17-12(18)11-2-1-8(5-14)6-16-11/h1-4,6-7H,(H,15,17,18). The molecular formula is C12H7BrN4O. The third-order valence-corrected chi connectivity index (χ3v) is 2.78. The number of aromatic nitrogens is 2. The zero-order valence-electron chi connectivity index (χ0n) is 9.09. The monoisotopic (exact) mass is 302 g/mol. The van der Waals surface area contributed by atoms with Crippen molar-refractivity contribution in [1.82, 2.24) is 9.97 Å². The van der Waals surface area contributed by atoms with E-state index in [0.29, 0.717) is 15.7 Å². The molecule has 0 spiro atoms. The van der Waals surface area contributed by atoms with Crippen molar-refractivity contribution < 1.29 is 4.79 Å². The molecule has 0 fully saturated rings. The maximum atomic E-state index is 11.9. The predicted molar refractivity (Wildman–Crippen MR) is 68.8 cm³/mol. The SMILES string of the molecule is N#Cc1ccc(C(=O)Nc2ccncc2Br)nc1. The lowest BCUT2D eigenvalue weighted by molar-refractivity contribution is 0.102. The van der Waals surface area contributed by atoms with Crippen LogP contribution >= 0.6 is 15.9 Å². The van der Waals surface area contributed by atoms with E-state index in [9.17, 15) is 4.79 Å². The Morgan fingerprint density at radius 3 is 2.78 bits per heavy atom. The van der Waals surface area contributed by atoms with Crippen LogP contribution in [0.1, 0.15) is 16.1 Å². The van der Waals surface area contributed by atoms with E-state index in [2.05, 4.69) is 31.2 Å². The van der Waals surface area contributed by atoms with Gasteiger partial charge in [0, 0.05) is 18.6 Å². The zero-order valence-corrected chi connectivity index (χ0v) is 10.7. The van der Waals surface area contributed by atoms with Crippen LogP contribution in [-0.4, -0.2) is 15.9 Å². The minimum absolute atomic E-state index is 0.248. The minimum atomic E-state index is -0.341. The molecule has 1 N–H and O–H groups in total. The Kier molecular flexibility index (Phi) is 3.65. The Bertz CT molecular complexity index is 619. The molecule has 2 aromatic rings. The van der Waals surface area contributed by atoms with Gasteiger partial charge in [0.25, 0.3) is 5.91 Å². The van der Waals surface area contributed by atoms with E-state index < -0.39 is 0 Å². The molecule has 18 heavy (non-hydrogen) atoms. The number of amides is 1. The Hall–Kier alpha value is -2.26. The maximum absolute atomic E-state index is 11.9. The fourth-order valence-electron chi connectivity index (χ4n) is 1.26. The highest BCUT2D eigenvalue weighted by Crippen LogP contribution is 2.20. The van der Waals surface area contributed by atoms with Crippen molar-refractivity contribution in [2.45, 2.75) is 0 Å². The first kappa shape index (κ1) is 12.2. The van der Waals surface area contributed by atoms with E-state index in [1.165, 1.54) is 12.3 Å². The lowest BCUT2D eigenvalue weighted by Gasteiger charge is -2.05. The molecule has 0 aliphatic carbocycles. The molecule has 0 bridgehead atoms. The van der Waals surface area contributed by atoms with Crippen molar-refractivity contribution in [3.05, 3.63) is 52.5 Å². The third-order valence-electron chi connectivity index (χ3n) is 2.15. The largest absolute Gasteiger partial charge is 0.319 e. The normalized spacial score (nSPS) is 9.56. The molecule has 0 saturated carbocycles. The quantitative estimate of drug-likeness (QED) is 0.923. The molecule has 2 heterocycles. The van der Waals surface area contributed by atoms with Crippen LogP contribution in [0, 0.1) is 11.3 Å². The highest BCUT2D eigenvalue weighted by atomic mass is 79.9. The van der Waals surface area contributed by atoms with E-state index in [1.54, 1.807) is 24.5 Å². The van der Waals surface area contributed by atoms with Crippen LogP contribution in [0.5, 0.6) is 0 Å². The van der Waals surface area contributed by atoms with Gasteiger partial charge in [0.05, 0.1) is 15.7 Å². The van der Waals surface area contributed by atoms with Crippen LogP contribution in [0.15, 0.2) is 41.3 Å². The molecule has 88 valence electrons. The van der Waals surface area contributed by atoms with Crippen LogP contribution in [0.25, 0.3) is 0 Å². The maximum Gasteiger partial charge on any atom is 0.274 e. The van der Waals surface area contributed by atoms with Gasteiger partial charge in [-0.2, -0.15) is 5.26 Å². The highest BCUT2D eigenvalue weighted by Gasteiger charge is 2.09. The number of hydrogen-bond acceptors (Lipinski definition) is 4. The molecule has 2 rings (SSSR count). The molecule has 2 aromatic heterocycles. The van der Waals surface area contributed by atoms with E-state index in [1.807, 2.05) is 6.07 Å². The number of nitrogens with one attached hydrogen (secondary N) is 1. The van der Waals surface area contributed by atoms with Gasteiger partial charge in [0.1, 0.15) is 11.8 Å². The Morgan fingerprint density at radius 2 is 2.17 bits per heavy atom. The third kappa shape index (κ3) is 2.70. The number of nitrogens with zero attached hydrogens (tertiary/aromatic N) is 3. The average Bonchev–Trinajstić information content (AvgIpc) is 2.41. The fourth-order valence-corrected chi connectivity index (χ4v) is 1.61. The number of halogens is 1. The van der Waals surface area contributed by atoms with Crippen LogP contribution < -0.4 is 5.32 Å². The Morgan fingerprint density at radius 1 is 1.33 bits per heavy atom. The van der Waals surface area contributed by atoms with E-state index in [-0.39, 0.29) is 11.6 Å². The zero-order chi connectivity index (χ0) is 13.0. The van der Waals surface area contributed by atoms with Gasteiger partial charge < -0.3 is 5.32 Å². The Balaban J connectivity index is 2.17. The van der Waals surface area contributed by atoms with Crippen molar-refractivity contribution in [1.29, 1.82) is 5.26 Å². The predicted octanol–water partition coefficient (Wildman–Crippen LogP) is 2.36. The van der Waals surface area contributed by atoms with Crippen molar-refractivity contribution in [3.8, 4) is 6.07 Å². The summed E-state index contributed by atoms with van der Waals surface area (Å²) in [5, 5.41) is 11.3. The highest BCUT2D eigenvalue weighted by molar-refractivity contribution is 9.10. The van der Waals surface area contributed by atoms with Crippen molar-refractivity contribution in [3.63, 3.8) is 0 Å². The lowest BCUT2D eigenvalue weighted by atomic mass is 10.2. The number of pyridine rings is 2. The average molecular weight is 303 g/mol. The van der Waals surface area contributed by atoms with Gasteiger partial charge in [-0.3, -0.25) is 9.78 Å². The summed E-state index contributed by atoms with van der Waals surface area (Å²) in [5.74, 6) is -0.341. The second-order valence-corrected chi connectivity index (χ2v) is 4.21. The molecule has 0 aliphatic heterocycles. The Labute approximate surface area is 112 Å². The second kappa shape index (κ2) is 5.38. The summed E-state index contributed by atoms with van der Waals surface area (Å²) in [6.45, 7) is 0. The molecule has 0 radical (unpaired) electrons. The van der Waals surface area contributed by atoms with Gasteiger partial charge in [-0.1, -0.05) is 0 Å². The summed E-state index contributed by atoms with van der Waals surface area (Å²) < 4.78 is 0.687. The molecule has 6 heteroatoms. The number of carbonyl (C=O) groups excluding carboxylic acids is 1. The van der Waals surface area contributed by atoms with Gasteiger partial charge in [0.15, 0.2) is 0 Å². The number of anilines is 1. The van der Waals surface area contributed by atoms with Gasteiger partial charge in [-0.05, 0) is 34.1 Å². The van der Waals surface area contributed by atoms with E-state index in [4.69, 9.17) is 5.26 Å². The molecule has 5 nitrogen and oxygen atoms in total. The molecule has 0 saturated heterocycles. The topological polar surface area (TPSA) is 78.7 Å². The second-order valence-electron chi connectivity index (χ2n) is 3.35. The molecule has 1 amide bonds. The van der Waals surface area contributed by atoms with Crippen molar-refractivity contribution in [2.24, 2.45) is 0 Å². The van der Waals surface area contributed by atoms with Gasteiger partial charge in [0.2, 0.25) is 0 Å². The molecular weight excluding hydrogens is 296 g/mol. The number of rotatable bonds is 2. The van der Waals surface area contributed by atoms with Gasteiger partial charge >= 0.3 is 0 Å². The van der Waals surface area contributed by atoms with Crippen LogP contribution in [0.4, 0.5) is 5.69 Å². The van der Waals surface area contributed by atoms with E-state index in [0.717, 1.165) is 0 Å². The summed E-state index contributed by atoms with van der Waals surface area (Å²) in [5.41, 5.74) is 1.27. The minimum Gasteiger partial charge on any atom is -0.319 e. The molecule has 0 unspecified atom stereocenters. The summed E-state index contributed by atoms with van der Waals surface area (Å²) in [6.07, 6.45) is 4.52. The first-order valence-corrected chi connectivity index (χ1v) is 5.77. The number of carbonyl (C=O) groups is 1. The summed E-state index contributed by atoms with van der Waals surface area (Å²) in [7, 11) is 0. The van der Waals surface area contributed by atoms with Crippen LogP contribution in [-0.2, 0) is 0 Å². The lowest BCUT2D eigenvalue weighted by Crippen LogP contribution is -2.13. The first-order chi connectivity index (χ1) is 8.70. The van der Waals surface area contributed by atoms with Gasteiger partial charge in [-0.25, -0.2) is 4.98 Å². The first-order valence-electron chi connectivity index (χ1n) is 4.97. The molecule has 0 aliphatic rings. The summed E-state index contributed by atoms with van der Waals surface area (Å²) >= 11 is 3.28. The number of hydrogen-bond donors (Lipinski definition) is 1. The van der Waals surface area contributed by atoms with Crippen molar-refractivity contribution >= 4 is 27.5 Å². The van der Waals surface area contributed by atoms with Crippen LogP contribution in [0.3, 0.4) is 0 Å². The summed E-state index contributed by atoms with van der Waals surface area (Å²) in [4.78, 5) is 19.7. The molecule has 0 atom stereocenters.